The molecule has 6 nitrogen and oxygen atoms in total. The van der Waals surface area contributed by atoms with E-state index in [1.807, 2.05) is 47.0 Å². The molecule has 0 bridgehead atoms. The lowest BCUT2D eigenvalue weighted by Gasteiger charge is -2.43. The van der Waals surface area contributed by atoms with Gasteiger partial charge in [-0.05, 0) is 48.6 Å². The maximum atomic E-state index is 11.7. The van der Waals surface area contributed by atoms with E-state index >= 15 is 0 Å². The van der Waals surface area contributed by atoms with E-state index in [2.05, 4.69) is 27.4 Å². The molecule has 1 N–H and O–H groups in total. The van der Waals surface area contributed by atoms with Gasteiger partial charge < -0.3 is 5.32 Å². The van der Waals surface area contributed by atoms with Gasteiger partial charge in [-0.1, -0.05) is 42.5 Å². The number of halogens is 1. The van der Waals surface area contributed by atoms with Crippen molar-refractivity contribution in [1.82, 2.24) is 24.8 Å². The van der Waals surface area contributed by atoms with E-state index in [9.17, 15) is 4.79 Å². The Hall–Kier alpha value is -3.25. The lowest BCUT2D eigenvalue weighted by Crippen LogP contribution is -2.50. The number of amides is 1. The van der Waals surface area contributed by atoms with Crippen LogP contribution in [-0.4, -0.2) is 25.4 Å². The third kappa shape index (κ3) is 3.13. The Morgan fingerprint density at radius 1 is 1.07 bits per heavy atom. The first kappa shape index (κ1) is 18.8. The summed E-state index contributed by atoms with van der Waals surface area (Å²) in [5.41, 5.74) is 4.09. The minimum absolute atomic E-state index is 0.00270. The maximum Gasteiger partial charge on any atom is 0.224 e. The minimum atomic E-state index is -0.255. The molecule has 0 atom stereocenters. The number of carbonyl (C=O) groups excluding carboxylic acids is 1. The molecule has 2 aromatic heterocycles. The fourth-order valence-corrected chi connectivity index (χ4v) is 4.29. The van der Waals surface area contributed by atoms with E-state index in [1.54, 1.807) is 13.1 Å². The van der Waals surface area contributed by atoms with Crippen LogP contribution in [0.25, 0.3) is 28.2 Å². The Morgan fingerprint density at radius 2 is 1.80 bits per heavy atom. The topological polar surface area (TPSA) is 72.7 Å². The zero-order valence-electron chi connectivity index (χ0n) is 16.5. The summed E-state index contributed by atoms with van der Waals surface area (Å²) in [6.07, 6.45) is 4.67. The number of rotatable bonds is 4. The van der Waals surface area contributed by atoms with Gasteiger partial charge in [-0.2, -0.15) is 4.98 Å². The molecule has 7 heteroatoms. The number of benzene rings is 2. The van der Waals surface area contributed by atoms with Crippen LogP contribution in [0, 0.1) is 0 Å². The van der Waals surface area contributed by atoms with E-state index in [1.165, 1.54) is 0 Å². The number of fused-ring (bicyclic) bond motifs is 1. The fourth-order valence-electron chi connectivity index (χ4n) is 4.16. The third-order valence-corrected chi connectivity index (χ3v) is 5.89. The van der Waals surface area contributed by atoms with Crippen molar-refractivity contribution in [3.05, 3.63) is 71.6 Å². The summed E-state index contributed by atoms with van der Waals surface area (Å²) in [6, 6.07) is 18.2. The van der Waals surface area contributed by atoms with Crippen molar-refractivity contribution in [2.24, 2.45) is 0 Å². The molecule has 4 aromatic rings. The quantitative estimate of drug-likeness (QED) is 0.490. The minimum Gasteiger partial charge on any atom is -0.347 e. The maximum absolute atomic E-state index is 11.7. The van der Waals surface area contributed by atoms with Gasteiger partial charge >= 0.3 is 0 Å². The summed E-state index contributed by atoms with van der Waals surface area (Å²) in [5.74, 6) is 0.771. The van der Waals surface area contributed by atoms with Gasteiger partial charge in [-0.25, -0.2) is 9.97 Å². The summed E-state index contributed by atoms with van der Waals surface area (Å²) < 4.78 is 1.99. The van der Waals surface area contributed by atoms with E-state index < -0.39 is 0 Å². The van der Waals surface area contributed by atoms with Crippen LogP contribution in [0.3, 0.4) is 0 Å². The second-order valence-corrected chi connectivity index (χ2v) is 7.99. The van der Waals surface area contributed by atoms with Crippen LogP contribution in [0.5, 0.6) is 0 Å². The van der Waals surface area contributed by atoms with E-state index in [0.29, 0.717) is 11.2 Å². The molecule has 0 unspecified atom stereocenters. The molecule has 0 spiro atoms. The number of hydrogen-bond acceptors (Lipinski definition) is 4. The first-order valence-corrected chi connectivity index (χ1v) is 10.3. The van der Waals surface area contributed by atoms with Crippen LogP contribution in [0.2, 0.25) is 5.28 Å². The molecule has 2 heterocycles. The number of nitrogens with one attached hydrogen (secondary N) is 1. The van der Waals surface area contributed by atoms with Crippen LogP contribution in [-0.2, 0) is 10.3 Å². The van der Waals surface area contributed by atoms with Gasteiger partial charge in [-0.15, -0.1) is 0 Å². The zero-order valence-corrected chi connectivity index (χ0v) is 17.2. The smallest absolute Gasteiger partial charge is 0.224 e. The van der Waals surface area contributed by atoms with Crippen LogP contribution in [0.15, 0.2) is 60.8 Å². The van der Waals surface area contributed by atoms with Gasteiger partial charge in [0, 0.05) is 18.2 Å². The van der Waals surface area contributed by atoms with Crippen LogP contribution >= 0.6 is 11.6 Å². The highest BCUT2D eigenvalue weighted by Crippen LogP contribution is 2.41. The molecule has 0 saturated heterocycles. The molecule has 0 aliphatic heterocycles. The summed E-state index contributed by atoms with van der Waals surface area (Å²) in [4.78, 5) is 25.0. The highest BCUT2D eigenvalue weighted by atomic mass is 35.5. The summed E-state index contributed by atoms with van der Waals surface area (Å²) >= 11 is 6.09. The molecule has 2 aromatic carbocycles. The molecular weight excluding hydrogens is 398 g/mol. The van der Waals surface area contributed by atoms with Crippen LogP contribution < -0.4 is 5.32 Å². The summed E-state index contributed by atoms with van der Waals surface area (Å²) in [7, 11) is 0. The molecule has 150 valence electrons. The first-order chi connectivity index (χ1) is 14.6. The average Bonchev–Trinajstić information content (AvgIpc) is 3.10. The van der Waals surface area contributed by atoms with Gasteiger partial charge in [0.1, 0.15) is 11.3 Å². The summed E-state index contributed by atoms with van der Waals surface area (Å²) in [6.45, 7) is 1.57. The second-order valence-electron chi connectivity index (χ2n) is 7.65. The molecule has 1 aliphatic carbocycles. The molecule has 1 aliphatic rings. The van der Waals surface area contributed by atoms with E-state index in [0.717, 1.165) is 41.9 Å². The Bertz CT molecular complexity index is 1230. The summed E-state index contributed by atoms with van der Waals surface area (Å²) in [5, 5.41) is 3.32. The van der Waals surface area contributed by atoms with Gasteiger partial charge in [-0.3, -0.25) is 9.36 Å². The molecule has 30 heavy (non-hydrogen) atoms. The standard InChI is InChI=1S/C23H20ClN5O/c1-15(30)28-23(12-5-13-23)17-8-10-18(11-9-17)29-20(16-6-3-2-4-7-16)26-19-14-25-22(24)27-21(19)29/h2-4,6-11,14H,5,12-13H2,1H3,(H,28,30). The molecule has 1 saturated carbocycles. The van der Waals surface area contributed by atoms with E-state index in [4.69, 9.17) is 16.6 Å². The lowest BCUT2D eigenvalue weighted by molar-refractivity contribution is -0.122. The van der Waals surface area contributed by atoms with Crippen molar-refractivity contribution in [3.63, 3.8) is 0 Å². The van der Waals surface area contributed by atoms with Crippen molar-refractivity contribution in [2.75, 3.05) is 0 Å². The normalized spacial score (nSPS) is 15.0. The highest BCUT2D eigenvalue weighted by molar-refractivity contribution is 6.28. The number of carbonyl (C=O) groups is 1. The van der Waals surface area contributed by atoms with Gasteiger partial charge in [0.15, 0.2) is 5.65 Å². The molecule has 5 rings (SSSR count). The second kappa shape index (κ2) is 7.22. The fraction of sp³-hybridized carbons (Fsp3) is 0.217. The van der Waals surface area contributed by atoms with Gasteiger partial charge in [0.2, 0.25) is 11.2 Å². The number of imidazole rings is 1. The molecular formula is C23H20ClN5O. The van der Waals surface area contributed by atoms with Crippen molar-refractivity contribution in [1.29, 1.82) is 0 Å². The van der Waals surface area contributed by atoms with Crippen LogP contribution in [0.1, 0.15) is 31.7 Å². The van der Waals surface area contributed by atoms with Crippen molar-refractivity contribution < 1.29 is 4.79 Å². The van der Waals surface area contributed by atoms with Crippen molar-refractivity contribution >= 4 is 28.7 Å². The van der Waals surface area contributed by atoms with Gasteiger partial charge in [0.25, 0.3) is 0 Å². The zero-order chi connectivity index (χ0) is 20.7. The van der Waals surface area contributed by atoms with Gasteiger partial charge in [0.05, 0.1) is 11.7 Å². The highest BCUT2D eigenvalue weighted by Gasteiger charge is 2.39. The molecule has 1 fully saturated rings. The number of nitrogens with zero attached hydrogens (tertiary/aromatic N) is 4. The monoisotopic (exact) mass is 417 g/mol. The Kier molecular flexibility index (Phi) is 4.51. The first-order valence-electron chi connectivity index (χ1n) is 9.92. The third-order valence-electron chi connectivity index (χ3n) is 5.70. The SMILES string of the molecule is CC(=O)NC1(c2ccc(-n3c(-c4ccccc4)nc4cnc(Cl)nc43)cc2)CCC1. The molecule has 1 amide bonds. The van der Waals surface area contributed by atoms with E-state index in [-0.39, 0.29) is 16.7 Å². The Morgan fingerprint density at radius 3 is 2.43 bits per heavy atom. The number of aromatic nitrogens is 4. The Balaban J connectivity index is 1.64. The Labute approximate surface area is 179 Å². The predicted octanol–water partition coefficient (Wildman–Crippen LogP) is 4.65. The van der Waals surface area contributed by atoms with Crippen molar-refractivity contribution in [2.45, 2.75) is 31.7 Å². The largest absolute Gasteiger partial charge is 0.347 e. The lowest BCUT2D eigenvalue weighted by atomic mass is 9.71. The predicted molar refractivity (Wildman–Crippen MR) is 116 cm³/mol. The average molecular weight is 418 g/mol. The van der Waals surface area contributed by atoms with Crippen molar-refractivity contribution in [3.8, 4) is 17.1 Å². The number of hydrogen-bond donors (Lipinski definition) is 1. The van der Waals surface area contributed by atoms with Crippen LogP contribution in [0.4, 0.5) is 0 Å². The molecule has 0 radical (unpaired) electrons.